The van der Waals surface area contributed by atoms with E-state index in [2.05, 4.69) is 35.4 Å². The number of hydrogen-bond acceptors (Lipinski definition) is 2. The van der Waals surface area contributed by atoms with Crippen LogP contribution in [0.5, 0.6) is 0 Å². The van der Waals surface area contributed by atoms with Crippen LogP contribution in [0.3, 0.4) is 0 Å². The number of fused-ring (bicyclic) bond motifs is 1. The molecule has 5 heteroatoms. The summed E-state index contributed by atoms with van der Waals surface area (Å²) in [4.78, 5) is 4.69. The van der Waals surface area contributed by atoms with E-state index in [1.165, 1.54) is 0 Å². The minimum Gasteiger partial charge on any atom is -0.309 e. The van der Waals surface area contributed by atoms with Gasteiger partial charge in [0.25, 0.3) is 0 Å². The number of aryl methyl sites for hydroxylation is 2. The van der Waals surface area contributed by atoms with Crippen molar-refractivity contribution in [2.24, 2.45) is 7.05 Å². The van der Waals surface area contributed by atoms with Gasteiger partial charge in [0, 0.05) is 13.1 Å². The molecule has 0 fully saturated rings. The summed E-state index contributed by atoms with van der Waals surface area (Å²) in [5.74, 6) is 1.40. The van der Waals surface area contributed by atoms with Gasteiger partial charge in [0.2, 0.25) is 0 Å². The third-order valence-electron chi connectivity index (χ3n) is 3.45. The van der Waals surface area contributed by atoms with Crippen LogP contribution < -0.4 is 0 Å². The van der Waals surface area contributed by atoms with Gasteiger partial charge in [-0.3, -0.25) is 4.68 Å². The van der Waals surface area contributed by atoms with E-state index in [0.717, 1.165) is 41.9 Å². The number of alkyl halides is 1. The first-order chi connectivity index (χ1) is 8.63. The summed E-state index contributed by atoms with van der Waals surface area (Å²) < 4.78 is 4.17. The quantitative estimate of drug-likeness (QED) is 0.779. The molecule has 2 aromatic rings. The maximum absolute atomic E-state index is 6.03. The number of halogens is 1. The third-order valence-corrected chi connectivity index (χ3v) is 3.69. The van der Waals surface area contributed by atoms with Crippen molar-refractivity contribution >= 4 is 22.8 Å². The van der Waals surface area contributed by atoms with Gasteiger partial charge in [-0.05, 0) is 19.8 Å². The van der Waals surface area contributed by atoms with Crippen LogP contribution in [0.25, 0.3) is 11.2 Å². The van der Waals surface area contributed by atoms with Gasteiger partial charge < -0.3 is 4.57 Å². The molecule has 0 spiro atoms. The van der Waals surface area contributed by atoms with Crippen molar-refractivity contribution in [1.82, 2.24) is 19.3 Å². The number of hydrogen-bond donors (Lipinski definition) is 0. The predicted molar refractivity (Wildman–Crippen MR) is 75.1 cm³/mol. The monoisotopic (exact) mass is 268 g/mol. The Kier molecular flexibility index (Phi) is 3.95. The first-order valence-corrected chi connectivity index (χ1v) is 7.16. The summed E-state index contributed by atoms with van der Waals surface area (Å²) in [5, 5.41) is 4.58. The Hall–Kier alpha value is -1.03. The molecule has 18 heavy (non-hydrogen) atoms. The van der Waals surface area contributed by atoms with E-state index < -0.39 is 0 Å². The van der Waals surface area contributed by atoms with E-state index in [0.29, 0.717) is 11.9 Å². The SMILES string of the molecule is CCCc1nn(C)c2c1nc(CCl)n2C(C)CC. The van der Waals surface area contributed by atoms with Crippen molar-refractivity contribution in [3.63, 3.8) is 0 Å². The Morgan fingerprint density at radius 2 is 2.06 bits per heavy atom. The molecule has 0 N–H and O–H groups in total. The van der Waals surface area contributed by atoms with Gasteiger partial charge in [0.05, 0.1) is 11.6 Å². The van der Waals surface area contributed by atoms with Crippen molar-refractivity contribution in [2.75, 3.05) is 0 Å². The van der Waals surface area contributed by atoms with Crippen LogP contribution in [-0.4, -0.2) is 19.3 Å². The molecular weight excluding hydrogens is 248 g/mol. The molecule has 1 unspecified atom stereocenters. The Balaban J connectivity index is 2.67. The van der Waals surface area contributed by atoms with Crippen LogP contribution in [-0.2, 0) is 19.3 Å². The molecule has 0 aromatic carbocycles. The van der Waals surface area contributed by atoms with Crippen LogP contribution in [0.1, 0.15) is 51.2 Å². The molecule has 0 radical (unpaired) electrons. The van der Waals surface area contributed by atoms with E-state index in [1.807, 2.05) is 11.7 Å². The topological polar surface area (TPSA) is 35.6 Å². The molecule has 0 saturated heterocycles. The zero-order chi connectivity index (χ0) is 13.3. The summed E-state index contributed by atoms with van der Waals surface area (Å²) in [6.07, 6.45) is 3.11. The van der Waals surface area contributed by atoms with E-state index in [1.54, 1.807) is 0 Å². The van der Waals surface area contributed by atoms with Crippen molar-refractivity contribution in [2.45, 2.75) is 52.0 Å². The Bertz CT molecular complexity index is 541. The van der Waals surface area contributed by atoms with Crippen LogP contribution in [0.2, 0.25) is 0 Å². The molecule has 0 aliphatic heterocycles. The first kappa shape index (κ1) is 13.4. The van der Waals surface area contributed by atoms with Crippen LogP contribution >= 0.6 is 11.6 Å². The summed E-state index contributed by atoms with van der Waals surface area (Å²) in [7, 11) is 1.99. The molecule has 2 rings (SSSR count). The van der Waals surface area contributed by atoms with Gasteiger partial charge >= 0.3 is 0 Å². The molecule has 0 bridgehead atoms. The normalized spacial score (nSPS) is 13.4. The lowest BCUT2D eigenvalue weighted by Gasteiger charge is -2.14. The van der Waals surface area contributed by atoms with Crippen LogP contribution in [0, 0.1) is 0 Å². The summed E-state index contributed by atoms with van der Waals surface area (Å²) >= 11 is 6.03. The van der Waals surface area contributed by atoms with Crippen LogP contribution in [0.15, 0.2) is 0 Å². The molecular formula is C13H21ClN4. The smallest absolute Gasteiger partial charge is 0.158 e. The Morgan fingerprint density at radius 1 is 1.33 bits per heavy atom. The molecule has 0 aliphatic rings. The van der Waals surface area contributed by atoms with E-state index >= 15 is 0 Å². The standard InChI is InChI=1S/C13H21ClN4/c1-5-7-10-12-13(17(4)16-10)18(9(3)6-2)11(8-14)15-12/h9H,5-8H2,1-4H3. The zero-order valence-electron chi connectivity index (χ0n) is 11.6. The molecule has 1 atom stereocenters. The molecule has 100 valence electrons. The highest BCUT2D eigenvalue weighted by molar-refractivity contribution is 6.16. The minimum atomic E-state index is 0.397. The Morgan fingerprint density at radius 3 is 2.61 bits per heavy atom. The highest BCUT2D eigenvalue weighted by atomic mass is 35.5. The minimum absolute atomic E-state index is 0.397. The second kappa shape index (κ2) is 5.31. The predicted octanol–water partition coefficient (Wildman–Crippen LogP) is 3.43. The lowest BCUT2D eigenvalue weighted by molar-refractivity contribution is 0.517. The first-order valence-electron chi connectivity index (χ1n) is 6.62. The van der Waals surface area contributed by atoms with Crippen molar-refractivity contribution in [3.05, 3.63) is 11.5 Å². The van der Waals surface area contributed by atoms with Gasteiger partial charge in [0.15, 0.2) is 5.65 Å². The fraction of sp³-hybridized carbons (Fsp3) is 0.692. The van der Waals surface area contributed by atoms with Crippen molar-refractivity contribution < 1.29 is 0 Å². The van der Waals surface area contributed by atoms with E-state index in [4.69, 9.17) is 11.6 Å². The second-order valence-electron chi connectivity index (χ2n) is 4.78. The highest BCUT2D eigenvalue weighted by Crippen LogP contribution is 2.26. The fourth-order valence-corrected chi connectivity index (χ4v) is 2.58. The number of imidazole rings is 1. The van der Waals surface area contributed by atoms with Crippen LogP contribution in [0.4, 0.5) is 0 Å². The Labute approximate surface area is 113 Å². The van der Waals surface area contributed by atoms with Gasteiger partial charge in [-0.2, -0.15) is 5.10 Å². The summed E-state index contributed by atoms with van der Waals surface area (Å²) in [6.45, 7) is 6.54. The molecule has 4 nitrogen and oxygen atoms in total. The van der Waals surface area contributed by atoms with Gasteiger partial charge in [-0.15, -0.1) is 11.6 Å². The van der Waals surface area contributed by atoms with E-state index in [-0.39, 0.29) is 0 Å². The van der Waals surface area contributed by atoms with E-state index in [9.17, 15) is 0 Å². The maximum Gasteiger partial charge on any atom is 0.158 e. The lowest BCUT2D eigenvalue weighted by atomic mass is 10.2. The molecule has 0 saturated carbocycles. The highest BCUT2D eigenvalue weighted by Gasteiger charge is 2.20. The average molecular weight is 269 g/mol. The molecule has 0 amide bonds. The second-order valence-corrected chi connectivity index (χ2v) is 5.05. The third kappa shape index (κ3) is 2.03. The van der Waals surface area contributed by atoms with Gasteiger partial charge in [-0.25, -0.2) is 4.98 Å². The van der Waals surface area contributed by atoms with Crippen molar-refractivity contribution in [1.29, 1.82) is 0 Å². The number of rotatable bonds is 5. The fourth-order valence-electron chi connectivity index (χ4n) is 2.39. The zero-order valence-corrected chi connectivity index (χ0v) is 12.3. The lowest BCUT2D eigenvalue weighted by Crippen LogP contribution is -2.10. The van der Waals surface area contributed by atoms with Gasteiger partial charge in [0.1, 0.15) is 11.3 Å². The largest absolute Gasteiger partial charge is 0.309 e. The van der Waals surface area contributed by atoms with Crippen molar-refractivity contribution in [3.8, 4) is 0 Å². The molecule has 2 heterocycles. The number of aromatic nitrogens is 4. The molecule has 2 aromatic heterocycles. The average Bonchev–Trinajstić information content (AvgIpc) is 2.88. The van der Waals surface area contributed by atoms with Gasteiger partial charge in [-0.1, -0.05) is 20.3 Å². The molecule has 0 aliphatic carbocycles. The number of nitrogens with zero attached hydrogens (tertiary/aromatic N) is 4. The summed E-state index contributed by atoms with van der Waals surface area (Å²) in [6, 6.07) is 0.397. The summed E-state index contributed by atoms with van der Waals surface area (Å²) in [5.41, 5.74) is 3.21. The maximum atomic E-state index is 6.03.